The van der Waals surface area contributed by atoms with Gasteiger partial charge in [0.25, 0.3) is 0 Å². The molecule has 0 bridgehead atoms. The molecule has 0 atom stereocenters. The molecule has 2 rings (SSSR count). The third kappa shape index (κ3) is 2.36. The van der Waals surface area contributed by atoms with E-state index in [0.29, 0.717) is 5.02 Å². The van der Waals surface area contributed by atoms with Crippen molar-refractivity contribution in [3.05, 3.63) is 41.0 Å². The zero-order valence-corrected chi connectivity index (χ0v) is 9.13. The summed E-state index contributed by atoms with van der Waals surface area (Å²) >= 11 is 5.66. The minimum absolute atomic E-state index is 0.188. The highest BCUT2D eigenvalue weighted by atomic mass is 35.5. The van der Waals surface area contributed by atoms with Crippen molar-refractivity contribution in [3.8, 4) is 5.69 Å². The van der Waals surface area contributed by atoms with E-state index in [0.717, 1.165) is 10.7 Å². The van der Waals surface area contributed by atoms with Crippen LogP contribution in [0.3, 0.4) is 0 Å². The number of halogens is 4. The van der Waals surface area contributed by atoms with Crippen LogP contribution in [0.5, 0.6) is 0 Å². The molecule has 0 aliphatic heterocycles. The second-order valence-electron chi connectivity index (χ2n) is 3.34. The Balaban J connectivity index is 2.55. The number of nitrogen functional groups attached to an aromatic ring is 1. The van der Waals surface area contributed by atoms with Crippen LogP contribution in [0.1, 0.15) is 5.69 Å². The molecular weight excluding hydrogens is 255 g/mol. The number of alkyl halides is 3. The fraction of sp³-hybridized carbons (Fsp3) is 0.100. The van der Waals surface area contributed by atoms with E-state index in [1.54, 1.807) is 0 Å². The van der Waals surface area contributed by atoms with Gasteiger partial charge < -0.3 is 5.73 Å². The summed E-state index contributed by atoms with van der Waals surface area (Å²) in [6.45, 7) is 0. The lowest BCUT2D eigenvalue weighted by Gasteiger charge is -2.09. The molecule has 0 radical (unpaired) electrons. The van der Waals surface area contributed by atoms with Gasteiger partial charge in [0.15, 0.2) is 0 Å². The van der Waals surface area contributed by atoms with Crippen molar-refractivity contribution in [1.29, 1.82) is 0 Å². The first-order chi connectivity index (χ1) is 7.88. The smallest absolute Gasteiger partial charge is 0.382 e. The molecule has 0 unspecified atom stereocenters. The minimum atomic E-state index is -4.51. The Morgan fingerprint density at radius 1 is 1.18 bits per heavy atom. The maximum atomic E-state index is 12.7. The van der Waals surface area contributed by atoms with Crippen LogP contribution >= 0.6 is 11.6 Å². The molecule has 3 nitrogen and oxygen atoms in total. The largest absolute Gasteiger partial charge is 0.433 e. The average Bonchev–Trinajstić information content (AvgIpc) is 2.61. The molecule has 0 aliphatic carbocycles. The van der Waals surface area contributed by atoms with Crippen LogP contribution in [0.2, 0.25) is 5.02 Å². The Bertz CT molecular complexity index is 531. The van der Waals surface area contributed by atoms with E-state index in [9.17, 15) is 13.2 Å². The van der Waals surface area contributed by atoms with Gasteiger partial charge in [0, 0.05) is 11.1 Å². The average molecular weight is 262 g/mol. The highest BCUT2D eigenvalue weighted by Gasteiger charge is 2.36. The molecule has 2 aromatic rings. The Morgan fingerprint density at radius 3 is 2.29 bits per heavy atom. The van der Waals surface area contributed by atoms with Crippen molar-refractivity contribution < 1.29 is 13.2 Å². The first-order valence-corrected chi connectivity index (χ1v) is 4.94. The van der Waals surface area contributed by atoms with Gasteiger partial charge in [-0.15, -0.1) is 0 Å². The summed E-state index contributed by atoms with van der Waals surface area (Å²) in [6, 6.07) is 6.62. The lowest BCUT2D eigenvalue weighted by Crippen LogP contribution is -2.13. The molecule has 1 aromatic carbocycles. The molecule has 0 saturated carbocycles. The summed E-state index contributed by atoms with van der Waals surface area (Å²) in [5.74, 6) is -0.188. The maximum absolute atomic E-state index is 12.7. The fourth-order valence-corrected chi connectivity index (χ4v) is 1.51. The number of anilines is 1. The van der Waals surface area contributed by atoms with Crippen molar-refractivity contribution >= 4 is 17.4 Å². The van der Waals surface area contributed by atoms with Crippen LogP contribution in [0, 0.1) is 0 Å². The van der Waals surface area contributed by atoms with Crippen LogP contribution in [-0.2, 0) is 6.18 Å². The summed E-state index contributed by atoms with van der Waals surface area (Å²) in [6.07, 6.45) is -4.51. The molecule has 2 N–H and O–H groups in total. The number of hydrogen-bond donors (Lipinski definition) is 1. The van der Waals surface area contributed by atoms with Crippen molar-refractivity contribution in [1.82, 2.24) is 9.78 Å². The van der Waals surface area contributed by atoms with E-state index in [4.69, 9.17) is 17.3 Å². The predicted octanol–water partition coefficient (Wildman–Crippen LogP) is 3.13. The van der Waals surface area contributed by atoms with Gasteiger partial charge in [-0.05, 0) is 24.3 Å². The first kappa shape index (κ1) is 11.8. The number of benzene rings is 1. The molecule has 0 fully saturated rings. The van der Waals surface area contributed by atoms with Crippen molar-refractivity contribution in [3.63, 3.8) is 0 Å². The van der Waals surface area contributed by atoms with Crippen molar-refractivity contribution in [2.75, 3.05) is 5.73 Å². The monoisotopic (exact) mass is 261 g/mol. The molecule has 90 valence electrons. The lowest BCUT2D eigenvalue weighted by atomic mass is 10.3. The third-order valence-corrected chi connectivity index (χ3v) is 2.34. The molecule has 0 amide bonds. The molecule has 0 aliphatic rings. The fourth-order valence-electron chi connectivity index (χ4n) is 1.38. The molecule has 1 heterocycles. The highest BCUT2D eigenvalue weighted by molar-refractivity contribution is 6.30. The van der Waals surface area contributed by atoms with Crippen LogP contribution < -0.4 is 5.73 Å². The van der Waals surface area contributed by atoms with Gasteiger partial charge in [-0.25, -0.2) is 4.68 Å². The molecule has 7 heteroatoms. The summed E-state index contributed by atoms with van der Waals surface area (Å²) in [4.78, 5) is 0. The van der Waals surface area contributed by atoms with E-state index in [-0.39, 0.29) is 11.5 Å². The molecule has 1 aromatic heterocycles. The topological polar surface area (TPSA) is 43.8 Å². The lowest BCUT2D eigenvalue weighted by molar-refractivity contribution is -0.142. The predicted molar refractivity (Wildman–Crippen MR) is 58.0 cm³/mol. The number of nitrogens with two attached hydrogens (primary N) is 1. The summed E-state index contributed by atoms with van der Waals surface area (Å²) in [5.41, 5.74) is 4.61. The van der Waals surface area contributed by atoms with Gasteiger partial charge in [0.2, 0.25) is 0 Å². The zero-order chi connectivity index (χ0) is 12.6. The van der Waals surface area contributed by atoms with Gasteiger partial charge >= 0.3 is 6.18 Å². The van der Waals surface area contributed by atoms with Gasteiger partial charge in [0.1, 0.15) is 11.5 Å². The van der Waals surface area contributed by atoms with Gasteiger partial charge in [0.05, 0.1) is 5.69 Å². The third-order valence-electron chi connectivity index (χ3n) is 2.09. The minimum Gasteiger partial charge on any atom is -0.382 e. The second kappa shape index (κ2) is 3.96. The van der Waals surface area contributed by atoms with Gasteiger partial charge in [-0.1, -0.05) is 11.6 Å². The quantitative estimate of drug-likeness (QED) is 0.857. The van der Waals surface area contributed by atoms with Crippen LogP contribution in [0.15, 0.2) is 30.3 Å². The van der Waals surface area contributed by atoms with Gasteiger partial charge in [-0.3, -0.25) is 0 Å². The number of rotatable bonds is 1. The Morgan fingerprint density at radius 2 is 1.76 bits per heavy atom. The summed E-state index contributed by atoms with van der Waals surface area (Å²) in [5, 5.41) is 4.04. The van der Waals surface area contributed by atoms with Crippen LogP contribution in [0.25, 0.3) is 5.69 Å². The van der Waals surface area contributed by atoms with Crippen molar-refractivity contribution in [2.24, 2.45) is 0 Å². The van der Waals surface area contributed by atoms with E-state index in [1.807, 2.05) is 0 Å². The summed E-state index contributed by atoms with van der Waals surface area (Å²) in [7, 11) is 0. The van der Waals surface area contributed by atoms with Crippen LogP contribution in [0.4, 0.5) is 19.0 Å². The number of aromatic nitrogens is 2. The molecule has 0 spiro atoms. The van der Waals surface area contributed by atoms with E-state index >= 15 is 0 Å². The van der Waals surface area contributed by atoms with Crippen LogP contribution in [-0.4, -0.2) is 9.78 Å². The van der Waals surface area contributed by atoms with Gasteiger partial charge in [-0.2, -0.15) is 18.3 Å². The summed E-state index contributed by atoms with van der Waals surface area (Å²) < 4.78 is 38.8. The second-order valence-corrected chi connectivity index (χ2v) is 3.78. The molecule has 17 heavy (non-hydrogen) atoms. The Kier molecular flexibility index (Phi) is 2.74. The van der Waals surface area contributed by atoms with E-state index in [2.05, 4.69) is 5.10 Å². The Labute approximate surface area is 99.6 Å². The highest BCUT2D eigenvalue weighted by Crippen LogP contribution is 2.32. The SMILES string of the molecule is Nc1cc(C(F)(F)F)n(-c2ccc(Cl)cc2)n1. The maximum Gasteiger partial charge on any atom is 0.433 e. The standard InChI is InChI=1S/C10H7ClF3N3/c11-6-1-3-7(4-2-6)17-8(10(12,13)14)5-9(15)16-17/h1-5H,(H2,15,16). The number of nitrogens with zero attached hydrogens (tertiary/aromatic N) is 2. The van der Waals surface area contributed by atoms with E-state index in [1.165, 1.54) is 24.3 Å². The molecule has 0 saturated heterocycles. The molecular formula is C10H7ClF3N3. The van der Waals surface area contributed by atoms with E-state index < -0.39 is 11.9 Å². The Hall–Kier alpha value is -1.69. The normalized spacial score (nSPS) is 11.8. The van der Waals surface area contributed by atoms with Crippen molar-refractivity contribution in [2.45, 2.75) is 6.18 Å². The first-order valence-electron chi connectivity index (χ1n) is 4.56. The number of hydrogen-bond acceptors (Lipinski definition) is 2. The zero-order valence-electron chi connectivity index (χ0n) is 8.37.